The number of nitrogens with one attached hydrogen (secondary N) is 3. The molecule has 0 spiro atoms. The molecule has 5 aromatic rings. The Hall–Kier alpha value is -5.88. The van der Waals surface area contributed by atoms with Gasteiger partial charge in [-0.05, 0) is 72.7 Å². The van der Waals surface area contributed by atoms with E-state index in [0.29, 0.717) is 39.6 Å². The van der Waals surface area contributed by atoms with Crippen LogP contribution in [0.5, 0.6) is 5.75 Å². The number of rotatable bonds is 12. The third kappa shape index (κ3) is 8.97. The van der Waals surface area contributed by atoms with Crippen LogP contribution in [0.25, 0.3) is 6.08 Å². The Kier molecular flexibility index (Phi) is 11.7. The van der Waals surface area contributed by atoms with E-state index in [1.165, 1.54) is 6.08 Å². The smallest absolute Gasteiger partial charge is 0.272 e. The van der Waals surface area contributed by atoms with Crippen LogP contribution in [0.4, 0.5) is 28.9 Å². The molecule has 1 unspecified atom stereocenters. The summed E-state index contributed by atoms with van der Waals surface area (Å²) in [6, 6.07) is 30.0. The number of halogens is 4. The van der Waals surface area contributed by atoms with Gasteiger partial charge in [-0.3, -0.25) is 14.4 Å². The van der Waals surface area contributed by atoms with Crippen LogP contribution in [0.15, 0.2) is 126 Å². The Morgan fingerprint density at radius 1 is 0.760 bits per heavy atom. The predicted octanol–water partition coefficient (Wildman–Crippen LogP) is 8.52. The number of hydrogen-bond donors (Lipinski definition) is 3. The molecule has 0 radical (unpaired) electrons. The molecule has 1 atom stereocenters. The van der Waals surface area contributed by atoms with Crippen LogP contribution in [-0.4, -0.2) is 24.3 Å². The molecule has 0 aliphatic carbocycles. The van der Waals surface area contributed by atoms with Crippen LogP contribution in [0, 0.1) is 23.3 Å². The highest BCUT2D eigenvalue weighted by Crippen LogP contribution is 2.37. The predicted molar refractivity (Wildman–Crippen MR) is 185 cm³/mol. The zero-order valence-corrected chi connectivity index (χ0v) is 27.2. The first-order valence-electron chi connectivity index (χ1n) is 15.2. The zero-order valence-electron chi connectivity index (χ0n) is 26.4. The van der Waals surface area contributed by atoms with Gasteiger partial charge in [0, 0.05) is 22.2 Å². The van der Waals surface area contributed by atoms with E-state index >= 15 is 0 Å². The van der Waals surface area contributed by atoms with E-state index in [1.54, 1.807) is 109 Å². The normalized spacial score (nSPS) is 11.7. The summed E-state index contributed by atoms with van der Waals surface area (Å²) in [5.41, 5.74) is 0.513. The van der Waals surface area contributed by atoms with Crippen LogP contribution in [-0.2, 0) is 9.59 Å². The lowest BCUT2D eigenvalue weighted by Gasteiger charge is -2.18. The molecular formula is C38H29F4N3O4S. The van der Waals surface area contributed by atoms with Crippen molar-refractivity contribution in [2.75, 3.05) is 17.2 Å². The second-order valence-electron chi connectivity index (χ2n) is 10.6. The Morgan fingerprint density at radius 3 is 1.96 bits per heavy atom. The average molecular weight is 700 g/mol. The van der Waals surface area contributed by atoms with Gasteiger partial charge in [-0.2, -0.15) is 0 Å². The number of hydrogen-bond acceptors (Lipinski definition) is 5. The second-order valence-corrected chi connectivity index (χ2v) is 11.8. The molecule has 0 saturated carbocycles. The molecule has 5 aromatic carbocycles. The molecule has 3 N–H and O–H groups in total. The number of thioether (sulfide) groups is 1. The van der Waals surface area contributed by atoms with Gasteiger partial charge in [0.25, 0.3) is 11.8 Å². The standard InChI is InChI=1S/C38H29F4N3O4S/c1-2-49-27-17-13-23(14-18-27)21-31(44-36(46)25-11-7-4-8-12-25)37(47)43-26-15-19-28(20-16-26)50-35(24-9-5-3-6-10-24)38(48)45-34-32(41)29(39)22-30(40)33(34)42/h3-22,35H,2H2,1H3,(H,43,47)(H,44,46)(H,45,48)/b31-21-. The third-order valence-electron chi connectivity index (χ3n) is 7.10. The maximum absolute atomic E-state index is 14.4. The van der Waals surface area contributed by atoms with Crippen molar-refractivity contribution < 1.29 is 36.7 Å². The number of ether oxygens (including phenoxy) is 1. The van der Waals surface area contributed by atoms with Gasteiger partial charge in [0.15, 0.2) is 23.3 Å². The Labute approximate surface area is 289 Å². The molecule has 0 aliphatic heterocycles. The number of carbonyl (C=O) groups is 3. The average Bonchev–Trinajstić information content (AvgIpc) is 3.13. The van der Waals surface area contributed by atoms with Crippen molar-refractivity contribution in [1.82, 2.24) is 5.32 Å². The van der Waals surface area contributed by atoms with E-state index in [0.717, 1.165) is 11.8 Å². The summed E-state index contributed by atoms with van der Waals surface area (Å²) in [6.45, 7) is 2.35. The highest BCUT2D eigenvalue weighted by molar-refractivity contribution is 8.00. The third-order valence-corrected chi connectivity index (χ3v) is 8.36. The molecule has 0 aromatic heterocycles. The van der Waals surface area contributed by atoms with Crippen molar-refractivity contribution in [1.29, 1.82) is 0 Å². The first-order chi connectivity index (χ1) is 24.1. The summed E-state index contributed by atoms with van der Waals surface area (Å²) < 4.78 is 61.8. The first kappa shape index (κ1) is 35.4. The number of benzene rings is 5. The Balaban J connectivity index is 1.35. The van der Waals surface area contributed by atoms with Crippen molar-refractivity contribution in [3.05, 3.63) is 161 Å². The van der Waals surface area contributed by atoms with Gasteiger partial charge in [-0.15, -0.1) is 11.8 Å². The van der Waals surface area contributed by atoms with Crippen molar-refractivity contribution >= 4 is 46.9 Å². The van der Waals surface area contributed by atoms with Crippen molar-refractivity contribution in [3.63, 3.8) is 0 Å². The molecular weight excluding hydrogens is 670 g/mol. The van der Waals surface area contributed by atoms with E-state index in [-0.39, 0.29) is 11.8 Å². The quantitative estimate of drug-likeness (QED) is 0.0525. The minimum absolute atomic E-state index is 0.0319. The van der Waals surface area contributed by atoms with Gasteiger partial charge < -0.3 is 20.7 Å². The van der Waals surface area contributed by atoms with Crippen LogP contribution < -0.4 is 20.7 Å². The molecule has 5 rings (SSSR count). The topological polar surface area (TPSA) is 96.5 Å². The lowest BCUT2D eigenvalue weighted by molar-refractivity contribution is -0.116. The van der Waals surface area contributed by atoms with Gasteiger partial charge in [0.2, 0.25) is 5.91 Å². The lowest BCUT2D eigenvalue weighted by Crippen LogP contribution is -2.30. The van der Waals surface area contributed by atoms with E-state index in [4.69, 9.17) is 4.74 Å². The summed E-state index contributed by atoms with van der Waals surface area (Å²) in [7, 11) is 0. The Bertz CT molecular complexity index is 1980. The molecule has 0 fully saturated rings. The largest absolute Gasteiger partial charge is 0.494 e. The van der Waals surface area contributed by atoms with Gasteiger partial charge in [-0.25, -0.2) is 17.6 Å². The fraction of sp³-hybridized carbons (Fsp3) is 0.0789. The summed E-state index contributed by atoms with van der Waals surface area (Å²) in [5, 5.41) is 6.32. The van der Waals surface area contributed by atoms with Crippen LogP contribution in [0.1, 0.15) is 33.7 Å². The van der Waals surface area contributed by atoms with Gasteiger partial charge in [0.05, 0.1) is 6.61 Å². The molecule has 0 bridgehead atoms. The van der Waals surface area contributed by atoms with E-state index in [2.05, 4.69) is 10.6 Å². The second kappa shape index (κ2) is 16.5. The maximum atomic E-state index is 14.4. The molecule has 7 nitrogen and oxygen atoms in total. The highest BCUT2D eigenvalue weighted by Gasteiger charge is 2.27. The van der Waals surface area contributed by atoms with Gasteiger partial charge in [-0.1, -0.05) is 60.7 Å². The Morgan fingerprint density at radius 2 is 1.36 bits per heavy atom. The minimum Gasteiger partial charge on any atom is -0.494 e. The maximum Gasteiger partial charge on any atom is 0.272 e. The summed E-state index contributed by atoms with van der Waals surface area (Å²) >= 11 is 1.000. The number of carbonyl (C=O) groups excluding carboxylic acids is 3. The van der Waals surface area contributed by atoms with Crippen LogP contribution in [0.3, 0.4) is 0 Å². The minimum atomic E-state index is -1.73. The van der Waals surface area contributed by atoms with Crippen LogP contribution >= 0.6 is 11.8 Å². The number of anilines is 2. The molecule has 12 heteroatoms. The SMILES string of the molecule is CCOc1ccc(/C=C(\NC(=O)c2ccccc2)C(=O)Nc2ccc(SC(C(=O)Nc3c(F)c(F)cc(F)c3F)c3ccccc3)cc2)cc1. The fourth-order valence-corrected chi connectivity index (χ4v) is 5.68. The van der Waals surface area contributed by atoms with E-state index in [1.807, 2.05) is 12.2 Å². The van der Waals surface area contributed by atoms with E-state index < -0.39 is 51.9 Å². The zero-order chi connectivity index (χ0) is 35.6. The monoisotopic (exact) mass is 699 g/mol. The van der Waals surface area contributed by atoms with Gasteiger partial charge >= 0.3 is 0 Å². The van der Waals surface area contributed by atoms with Crippen molar-refractivity contribution in [2.45, 2.75) is 17.1 Å². The van der Waals surface area contributed by atoms with Crippen molar-refractivity contribution in [3.8, 4) is 5.75 Å². The van der Waals surface area contributed by atoms with Gasteiger partial charge in [0.1, 0.15) is 22.4 Å². The molecule has 3 amide bonds. The first-order valence-corrected chi connectivity index (χ1v) is 16.1. The fourth-order valence-electron chi connectivity index (χ4n) is 4.66. The van der Waals surface area contributed by atoms with Crippen molar-refractivity contribution in [2.24, 2.45) is 0 Å². The lowest BCUT2D eigenvalue weighted by atomic mass is 10.1. The summed E-state index contributed by atoms with van der Waals surface area (Å²) in [5.74, 6) is -8.16. The molecule has 50 heavy (non-hydrogen) atoms. The van der Waals surface area contributed by atoms with E-state index in [9.17, 15) is 31.9 Å². The number of amides is 3. The molecule has 0 saturated heterocycles. The molecule has 0 aliphatic rings. The highest BCUT2D eigenvalue weighted by atomic mass is 32.2. The molecule has 254 valence electrons. The van der Waals surface area contributed by atoms with Crippen LogP contribution in [0.2, 0.25) is 0 Å². The summed E-state index contributed by atoms with van der Waals surface area (Å²) in [4.78, 5) is 40.3. The molecule has 0 heterocycles. The summed E-state index contributed by atoms with van der Waals surface area (Å²) in [6.07, 6.45) is 1.52.